The number of halogens is 3. The van der Waals surface area contributed by atoms with Crippen molar-refractivity contribution in [3.63, 3.8) is 0 Å². The number of rotatable bonds is 3. The van der Waals surface area contributed by atoms with E-state index in [2.05, 4.69) is 10.3 Å². The summed E-state index contributed by atoms with van der Waals surface area (Å²) in [5.41, 5.74) is 2.07. The highest BCUT2D eigenvalue weighted by atomic mass is 19.4. The number of hydrogen-bond acceptors (Lipinski definition) is 1. The summed E-state index contributed by atoms with van der Waals surface area (Å²) in [7, 11) is 0. The fourth-order valence-electron chi connectivity index (χ4n) is 2.56. The quantitative estimate of drug-likeness (QED) is 0.732. The molecule has 1 amide bonds. The third-order valence-electron chi connectivity index (χ3n) is 3.72. The summed E-state index contributed by atoms with van der Waals surface area (Å²) in [5, 5.41) is 3.68. The SMILES string of the molecule is Cc1cc2cc(CNC(=O)c3cccc(C(F)(F)F)c3)ccc2[nH]1. The van der Waals surface area contributed by atoms with Gasteiger partial charge in [0.2, 0.25) is 0 Å². The van der Waals surface area contributed by atoms with E-state index in [4.69, 9.17) is 0 Å². The van der Waals surface area contributed by atoms with Gasteiger partial charge in [-0.1, -0.05) is 12.1 Å². The zero-order valence-electron chi connectivity index (χ0n) is 12.9. The molecule has 0 aliphatic carbocycles. The standard InChI is InChI=1S/C18H15F3N2O/c1-11-7-14-8-12(5-6-16(14)23-11)10-22-17(24)13-3-2-4-15(9-13)18(19,20)21/h2-9,23H,10H2,1H3,(H,22,24). The summed E-state index contributed by atoms with van der Waals surface area (Å²) in [6.07, 6.45) is -4.46. The average molecular weight is 332 g/mol. The largest absolute Gasteiger partial charge is 0.416 e. The number of benzene rings is 2. The van der Waals surface area contributed by atoms with Crippen LogP contribution in [0, 0.1) is 6.92 Å². The molecule has 0 unspecified atom stereocenters. The van der Waals surface area contributed by atoms with E-state index in [9.17, 15) is 18.0 Å². The molecule has 0 fully saturated rings. The van der Waals surface area contributed by atoms with Gasteiger partial charge >= 0.3 is 6.18 Å². The topological polar surface area (TPSA) is 44.9 Å². The Morgan fingerprint density at radius 3 is 2.67 bits per heavy atom. The Hall–Kier alpha value is -2.76. The molecule has 0 saturated heterocycles. The predicted octanol–water partition coefficient (Wildman–Crippen LogP) is 4.43. The number of nitrogens with one attached hydrogen (secondary N) is 2. The first kappa shape index (κ1) is 16.1. The van der Waals surface area contributed by atoms with Crippen LogP contribution in [0.25, 0.3) is 10.9 Å². The number of carbonyl (C=O) groups is 1. The van der Waals surface area contributed by atoms with Crippen LogP contribution in [0.1, 0.15) is 27.2 Å². The monoisotopic (exact) mass is 332 g/mol. The Balaban J connectivity index is 1.72. The number of aromatic nitrogens is 1. The first-order valence-corrected chi connectivity index (χ1v) is 7.36. The van der Waals surface area contributed by atoms with E-state index in [-0.39, 0.29) is 12.1 Å². The maximum atomic E-state index is 12.7. The summed E-state index contributed by atoms with van der Waals surface area (Å²) in [5.74, 6) is -0.536. The zero-order chi connectivity index (χ0) is 17.3. The van der Waals surface area contributed by atoms with Crippen molar-refractivity contribution in [3.05, 3.63) is 70.9 Å². The van der Waals surface area contributed by atoms with Crippen LogP contribution in [0.15, 0.2) is 48.5 Å². The Morgan fingerprint density at radius 1 is 1.12 bits per heavy atom. The number of alkyl halides is 3. The van der Waals surface area contributed by atoms with Crippen molar-refractivity contribution in [1.29, 1.82) is 0 Å². The molecule has 2 N–H and O–H groups in total. The van der Waals surface area contributed by atoms with Gasteiger partial charge in [-0.2, -0.15) is 13.2 Å². The second kappa shape index (κ2) is 6.03. The molecule has 0 aliphatic rings. The van der Waals surface area contributed by atoms with Gasteiger partial charge in [0.25, 0.3) is 5.91 Å². The third kappa shape index (κ3) is 3.42. The van der Waals surface area contributed by atoms with Gasteiger partial charge in [-0.3, -0.25) is 4.79 Å². The average Bonchev–Trinajstić information content (AvgIpc) is 2.91. The number of fused-ring (bicyclic) bond motifs is 1. The molecule has 2 aromatic carbocycles. The number of hydrogen-bond donors (Lipinski definition) is 2. The second-order valence-corrected chi connectivity index (χ2v) is 5.64. The minimum Gasteiger partial charge on any atom is -0.359 e. The Morgan fingerprint density at radius 2 is 1.92 bits per heavy atom. The number of amides is 1. The van der Waals surface area contributed by atoms with Crippen LogP contribution < -0.4 is 5.32 Å². The van der Waals surface area contributed by atoms with Gasteiger partial charge in [0.05, 0.1) is 5.56 Å². The van der Waals surface area contributed by atoms with Crippen LogP contribution >= 0.6 is 0 Å². The van der Waals surface area contributed by atoms with Gasteiger partial charge in [-0.15, -0.1) is 0 Å². The molecule has 0 spiro atoms. The summed E-state index contributed by atoms with van der Waals surface area (Å²) in [6, 6.07) is 12.1. The molecule has 124 valence electrons. The lowest BCUT2D eigenvalue weighted by atomic mass is 10.1. The number of aryl methyl sites for hydroxylation is 1. The molecule has 3 rings (SSSR count). The highest BCUT2D eigenvalue weighted by Crippen LogP contribution is 2.29. The van der Waals surface area contributed by atoms with E-state index in [1.165, 1.54) is 12.1 Å². The first-order chi connectivity index (χ1) is 11.3. The van der Waals surface area contributed by atoms with Crippen LogP contribution in [0.5, 0.6) is 0 Å². The number of aromatic amines is 1. The van der Waals surface area contributed by atoms with Crippen molar-refractivity contribution in [3.8, 4) is 0 Å². The first-order valence-electron chi connectivity index (χ1n) is 7.36. The number of carbonyl (C=O) groups excluding carboxylic acids is 1. The molecular formula is C18H15F3N2O. The molecule has 3 aromatic rings. The van der Waals surface area contributed by atoms with E-state index in [1.54, 1.807) is 0 Å². The maximum Gasteiger partial charge on any atom is 0.416 e. The molecule has 24 heavy (non-hydrogen) atoms. The second-order valence-electron chi connectivity index (χ2n) is 5.64. The molecule has 0 bridgehead atoms. The fraction of sp³-hybridized carbons (Fsp3) is 0.167. The van der Waals surface area contributed by atoms with E-state index >= 15 is 0 Å². The van der Waals surface area contributed by atoms with Crippen LogP contribution in [-0.4, -0.2) is 10.9 Å². The molecule has 3 nitrogen and oxygen atoms in total. The van der Waals surface area contributed by atoms with Crippen LogP contribution in [0.4, 0.5) is 13.2 Å². The predicted molar refractivity (Wildman–Crippen MR) is 85.6 cm³/mol. The molecule has 0 atom stereocenters. The van der Waals surface area contributed by atoms with Gasteiger partial charge in [0.15, 0.2) is 0 Å². The lowest BCUT2D eigenvalue weighted by molar-refractivity contribution is -0.137. The van der Waals surface area contributed by atoms with Crippen molar-refractivity contribution >= 4 is 16.8 Å². The van der Waals surface area contributed by atoms with Gasteiger partial charge in [-0.25, -0.2) is 0 Å². The van der Waals surface area contributed by atoms with Crippen molar-refractivity contribution in [2.24, 2.45) is 0 Å². The minimum absolute atomic E-state index is 0.0107. The van der Waals surface area contributed by atoms with Gasteiger partial charge in [-0.05, 0) is 54.3 Å². The molecular weight excluding hydrogens is 317 g/mol. The smallest absolute Gasteiger partial charge is 0.359 e. The van der Waals surface area contributed by atoms with Crippen molar-refractivity contribution in [2.75, 3.05) is 0 Å². The fourth-order valence-corrected chi connectivity index (χ4v) is 2.56. The Labute approximate surface area is 136 Å². The lowest BCUT2D eigenvalue weighted by Crippen LogP contribution is -2.23. The molecule has 0 radical (unpaired) electrons. The Kier molecular flexibility index (Phi) is 4.05. The third-order valence-corrected chi connectivity index (χ3v) is 3.72. The Bertz CT molecular complexity index is 897. The summed E-state index contributed by atoms with van der Waals surface area (Å²) < 4.78 is 38.1. The van der Waals surface area contributed by atoms with E-state index in [0.717, 1.165) is 34.3 Å². The van der Waals surface area contributed by atoms with Gasteiger partial charge in [0, 0.05) is 23.3 Å². The lowest BCUT2D eigenvalue weighted by Gasteiger charge is -2.09. The summed E-state index contributed by atoms with van der Waals surface area (Å²) in [4.78, 5) is 15.3. The number of H-pyrrole nitrogens is 1. The van der Waals surface area contributed by atoms with Crippen molar-refractivity contribution < 1.29 is 18.0 Å². The minimum atomic E-state index is -4.46. The normalized spacial score (nSPS) is 11.7. The molecule has 6 heteroatoms. The van der Waals surface area contributed by atoms with E-state index in [0.29, 0.717) is 0 Å². The molecule has 0 saturated carbocycles. The molecule has 1 heterocycles. The summed E-state index contributed by atoms with van der Waals surface area (Å²) >= 11 is 0. The molecule has 1 aromatic heterocycles. The van der Waals surface area contributed by atoms with Crippen LogP contribution in [0.3, 0.4) is 0 Å². The highest BCUT2D eigenvalue weighted by Gasteiger charge is 2.30. The summed E-state index contributed by atoms with van der Waals surface area (Å²) in [6.45, 7) is 2.20. The van der Waals surface area contributed by atoms with Crippen molar-refractivity contribution in [1.82, 2.24) is 10.3 Å². The van der Waals surface area contributed by atoms with E-state index < -0.39 is 17.6 Å². The zero-order valence-corrected chi connectivity index (χ0v) is 12.9. The van der Waals surface area contributed by atoms with Gasteiger partial charge < -0.3 is 10.3 Å². The van der Waals surface area contributed by atoms with E-state index in [1.807, 2.05) is 31.2 Å². The van der Waals surface area contributed by atoms with Crippen molar-refractivity contribution in [2.45, 2.75) is 19.6 Å². The highest BCUT2D eigenvalue weighted by molar-refractivity contribution is 5.94. The maximum absolute atomic E-state index is 12.7. The molecule has 0 aliphatic heterocycles. The van der Waals surface area contributed by atoms with Crippen LogP contribution in [0.2, 0.25) is 0 Å². The van der Waals surface area contributed by atoms with Gasteiger partial charge in [0.1, 0.15) is 0 Å². The van der Waals surface area contributed by atoms with Crippen LogP contribution in [-0.2, 0) is 12.7 Å².